The van der Waals surface area contributed by atoms with E-state index in [0.29, 0.717) is 24.5 Å². The number of ether oxygens (including phenoxy) is 1. The van der Waals surface area contributed by atoms with Crippen LogP contribution in [-0.4, -0.2) is 27.0 Å². The zero-order chi connectivity index (χ0) is 19.9. The van der Waals surface area contributed by atoms with Crippen molar-refractivity contribution >= 4 is 27.3 Å². The molecule has 28 heavy (non-hydrogen) atoms. The lowest BCUT2D eigenvalue weighted by atomic mass is 10.1. The van der Waals surface area contributed by atoms with Gasteiger partial charge in [0.05, 0.1) is 17.2 Å². The number of carbonyl (C=O) groups excluding carboxylic acids is 1. The van der Waals surface area contributed by atoms with Crippen molar-refractivity contribution in [3.63, 3.8) is 0 Å². The predicted molar refractivity (Wildman–Crippen MR) is 108 cm³/mol. The van der Waals surface area contributed by atoms with Crippen molar-refractivity contribution < 1.29 is 17.9 Å². The highest BCUT2D eigenvalue weighted by atomic mass is 32.2. The highest BCUT2D eigenvalue weighted by Crippen LogP contribution is 2.39. The van der Waals surface area contributed by atoms with Crippen LogP contribution in [0.25, 0.3) is 0 Å². The molecule has 2 aliphatic rings. The van der Waals surface area contributed by atoms with Crippen LogP contribution in [0, 0.1) is 5.92 Å². The Balaban J connectivity index is 1.62. The van der Waals surface area contributed by atoms with Crippen LogP contribution in [0.3, 0.4) is 0 Å². The Bertz CT molecular complexity index is 1010. The van der Waals surface area contributed by atoms with Crippen molar-refractivity contribution in [2.45, 2.75) is 44.0 Å². The predicted octanol–water partition coefficient (Wildman–Crippen LogP) is 3.57. The summed E-state index contributed by atoms with van der Waals surface area (Å²) in [6.07, 6.45) is 2.56. The Morgan fingerprint density at radius 3 is 2.68 bits per heavy atom. The third-order valence-corrected chi connectivity index (χ3v) is 6.54. The smallest absolute Gasteiger partial charge is 0.262 e. The van der Waals surface area contributed by atoms with Crippen LogP contribution in [-0.2, 0) is 21.2 Å². The average Bonchev–Trinajstić information content (AvgIpc) is 3.45. The Kier molecular flexibility index (Phi) is 4.79. The Morgan fingerprint density at radius 2 is 1.96 bits per heavy atom. The summed E-state index contributed by atoms with van der Waals surface area (Å²) in [4.78, 5) is 14.6. The van der Waals surface area contributed by atoms with E-state index < -0.39 is 10.0 Å². The molecule has 0 bridgehead atoms. The Morgan fingerprint density at radius 1 is 1.21 bits per heavy atom. The summed E-state index contributed by atoms with van der Waals surface area (Å²) in [6.45, 7) is 4.30. The molecule has 1 N–H and O–H groups in total. The molecule has 1 saturated carbocycles. The number of benzene rings is 2. The van der Waals surface area contributed by atoms with Gasteiger partial charge in [-0.3, -0.25) is 9.52 Å². The second-order valence-electron chi connectivity index (χ2n) is 7.36. The summed E-state index contributed by atoms with van der Waals surface area (Å²) >= 11 is 0. The number of carbonyl (C=O) groups is 1. The molecule has 2 aromatic carbocycles. The first-order valence-corrected chi connectivity index (χ1v) is 11.1. The highest BCUT2D eigenvalue weighted by Gasteiger charge is 2.39. The maximum Gasteiger partial charge on any atom is 0.262 e. The number of anilines is 2. The Hall–Kier alpha value is -2.54. The second-order valence-corrected chi connectivity index (χ2v) is 9.04. The molecule has 4 rings (SSSR count). The van der Waals surface area contributed by atoms with Crippen molar-refractivity contribution in [2.24, 2.45) is 5.92 Å². The number of nitrogens with zero attached hydrogens (tertiary/aromatic N) is 1. The first kappa shape index (κ1) is 18.8. The van der Waals surface area contributed by atoms with E-state index in [2.05, 4.69) is 4.72 Å². The number of hydrogen-bond acceptors (Lipinski definition) is 4. The monoisotopic (exact) mass is 400 g/mol. The first-order chi connectivity index (χ1) is 13.4. The number of amides is 1. The van der Waals surface area contributed by atoms with Gasteiger partial charge in [-0.2, -0.15) is 0 Å². The van der Waals surface area contributed by atoms with Crippen LogP contribution in [0.15, 0.2) is 47.4 Å². The molecule has 6 nitrogen and oxygen atoms in total. The first-order valence-electron chi connectivity index (χ1n) is 9.61. The summed E-state index contributed by atoms with van der Waals surface area (Å²) in [7, 11) is -3.77. The second kappa shape index (κ2) is 7.13. The quantitative estimate of drug-likeness (QED) is 0.804. The van der Waals surface area contributed by atoms with Crippen LogP contribution >= 0.6 is 0 Å². The summed E-state index contributed by atoms with van der Waals surface area (Å²) in [5, 5.41) is 0. The molecule has 1 fully saturated rings. The number of fused-ring (bicyclic) bond motifs is 1. The van der Waals surface area contributed by atoms with Crippen molar-refractivity contribution in [3.8, 4) is 5.75 Å². The molecule has 0 aromatic heterocycles. The number of hydrogen-bond donors (Lipinski definition) is 1. The van der Waals surface area contributed by atoms with Gasteiger partial charge in [-0.25, -0.2) is 8.42 Å². The number of para-hydroxylation sites is 2. The molecule has 7 heteroatoms. The lowest BCUT2D eigenvalue weighted by molar-refractivity contribution is -0.120. The van der Waals surface area contributed by atoms with Crippen LogP contribution in [0.5, 0.6) is 5.75 Å². The van der Waals surface area contributed by atoms with E-state index in [1.165, 1.54) is 0 Å². The number of nitrogens with one attached hydrogen (secondary N) is 1. The fourth-order valence-corrected chi connectivity index (χ4v) is 4.79. The van der Waals surface area contributed by atoms with Crippen LogP contribution in [0.4, 0.5) is 11.4 Å². The summed E-state index contributed by atoms with van der Waals surface area (Å²) in [5.41, 5.74) is 2.13. The summed E-state index contributed by atoms with van der Waals surface area (Å²) < 4.78 is 34.0. The van der Waals surface area contributed by atoms with Crippen molar-refractivity contribution in [3.05, 3.63) is 48.0 Å². The average molecular weight is 401 g/mol. The molecular formula is C21H24N2O4S. The minimum atomic E-state index is -3.77. The van der Waals surface area contributed by atoms with Gasteiger partial charge in [0.25, 0.3) is 10.0 Å². The van der Waals surface area contributed by atoms with Gasteiger partial charge in [0.1, 0.15) is 5.75 Å². The molecule has 1 aliphatic heterocycles. The van der Waals surface area contributed by atoms with E-state index in [4.69, 9.17) is 4.74 Å². The molecular weight excluding hydrogens is 376 g/mol. The molecule has 0 unspecified atom stereocenters. The SMILES string of the molecule is CCOc1ccccc1NS(=O)(=O)c1ccc2c(c1)C[C@H](C)N2C(=O)C1CC1. The number of sulfonamides is 1. The molecule has 0 saturated heterocycles. The third kappa shape index (κ3) is 3.46. The van der Waals surface area contributed by atoms with Gasteiger partial charge in [0, 0.05) is 17.6 Å². The molecule has 148 valence electrons. The maximum absolute atomic E-state index is 12.9. The van der Waals surface area contributed by atoms with Gasteiger partial charge in [-0.15, -0.1) is 0 Å². The lowest BCUT2D eigenvalue weighted by Crippen LogP contribution is -2.36. The van der Waals surface area contributed by atoms with Crippen molar-refractivity contribution in [2.75, 3.05) is 16.2 Å². The van der Waals surface area contributed by atoms with E-state index in [0.717, 1.165) is 24.1 Å². The molecule has 2 aromatic rings. The fourth-order valence-electron chi connectivity index (χ4n) is 3.67. The zero-order valence-corrected chi connectivity index (χ0v) is 16.8. The Labute approximate surface area is 165 Å². The minimum absolute atomic E-state index is 0.0488. The summed E-state index contributed by atoms with van der Waals surface area (Å²) in [6, 6.07) is 12.0. The van der Waals surface area contributed by atoms with Gasteiger partial charge >= 0.3 is 0 Å². The summed E-state index contributed by atoms with van der Waals surface area (Å²) in [5.74, 6) is 0.781. The largest absolute Gasteiger partial charge is 0.492 e. The molecule has 1 aliphatic carbocycles. The van der Waals surface area contributed by atoms with Gasteiger partial charge in [0.15, 0.2) is 0 Å². The van der Waals surface area contributed by atoms with Gasteiger partial charge in [0.2, 0.25) is 5.91 Å². The van der Waals surface area contributed by atoms with Crippen molar-refractivity contribution in [1.29, 1.82) is 0 Å². The topological polar surface area (TPSA) is 75.7 Å². The third-order valence-electron chi connectivity index (χ3n) is 5.17. The maximum atomic E-state index is 12.9. The standard InChI is InChI=1S/C21H24N2O4S/c1-3-27-20-7-5-4-6-18(20)22-28(25,26)17-10-11-19-16(13-17)12-14(2)23(19)21(24)15-8-9-15/h4-7,10-11,13-15,22H,3,8-9,12H2,1-2H3/t14-/m0/s1. The molecule has 0 radical (unpaired) electrons. The van der Waals surface area contributed by atoms with E-state index >= 15 is 0 Å². The minimum Gasteiger partial charge on any atom is -0.492 e. The van der Waals surface area contributed by atoms with Gasteiger partial charge in [-0.05, 0) is 69.0 Å². The molecule has 1 atom stereocenters. The van der Waals surface area contributed by atoms with E-state index in [9.17, 15) is 13.2 Å². The van der Waals surface area contributed by atoms with Crippen LogP contribution in [0.1, 0.15) is 32.3 Å². The number of rotatable bonds is 6. The molecule has 0 spiro atoms. The van der Waals surface area contributed by atoms with E-state index in [-0.39, 0.29) is 22.8 Å². The lowest BCUT2D eigenvalue weighted by Gasteiger charge is -2.22. The van der Waals surface area contributed by atoms with Gasteiger partial charge in [-0.1, -0.05) is 12.1 Å². The molecule has 1 amide bonds. The fraction of sp³-hybridized carbons (Fsp3) is 0.381. The van der Waals surface area contributed by atoms with Crippen molar-refractivity contribution in [1.82, 2.24) is 0 Å². The normalized spacial score (nSPS) is 18.6. The van der Waals surface area contributed by atoms with Crippen LogP contribution in [0.2, 0.25) is 0 Å². The van der Waals surface area contributed by atoms with Crippen LogP contribution < -0.4 is 14.4 Å². The van der Waals surface area contributed by atoms with Gasteiger partial charge < -0.3 is 9.64 Å². The van der Waals surface area contributed by atoms with E-state index in [1.54, 1.807) is 42.5 Å². The highest BCUT2D eigenvalue weighted by molar-refractivity contribution is 7.92. The van der Waals surface area contributed by atoms with E-state index in [1.807, 2.05) is 18.7 Å². The molecule has 1 heterocycles. The zero-order valence-electron chi connectivity index (χ0n) is 16.0.